The summed E-state index contributed by atoms with van der Waals surface area (Å²) >= 11 is 5.92. The molecule has 2 heterocycles. The van der Waals surface area contributed by atoms with Crippen LogP contribution in [-0.2, 0) is 11.4 Å². The van der Waals surface area contributed by atoms with E-state index in [1.807, 2.05) is 57.2 Å². The van der Waals surface area contributed by atoms with Crippen molar-refractivity contribution >= 4 is 17.3 Å². The molecule has 0 amide bonds. The van der Waals surface area contributed by atoms with Crippen LogP contribution in [0.4, 0.5) is 0 Å². The van der Waals surface area contributed by atoms with Gasteiger partial charge in [-0.15, -0.1) is 10.2 Å². The molecule has 0 unspecified atom stereocenters. The van der Waals surface area contributed by atoms with E-state index in [1.54, 1.807) is 27.7 Å². The smallest absolute Gasteiger partial charge is 0.162 e. The monoisotopic (exact) mass is 421 g/mol. The third-order valence-corrected chi connectivity index (χ3v) is 4.81. The molecule has 0 aliphatic rings. The van der Waals surface area contributed by atoms with Gasteiger partial charge in [-0.05, 0) is 57.2 Å². The van der Waals surface area contributed by atoms with Gasteiger partial charge in [0.15, 0.2) is 6.61 Å². The normalized spacial score (nSPS) is 11.7. The lowest BCUT2D eigenvalue weighted by Crippen LogP contribution is -2.03. The zero-order chi connectivity index (χ0) is 21.1. The lowest BCUT2D eigenvalue weighted by Gasteiger charge is -2.04. The fourth-order valence-electron chi connectivity index (χ4n) is 2.92. The maximum atomic E-state index is 5.92. The van der Waals surface area contributed by atoms with E-state index in [1.165, 1.54) is 5.56 Å². The van der Waals surface area contributed by atoms with Crippen LogP contribution in [0.3, 0.4) is 0 Å². The predicted molar refractivity (Wildman–Crippen MR) is 114 cm³/mol. The van der Waals surface area contributed by atoms with Gasteiger partial charge in [0.25, 0.3) is 0 Å². The summed E-state index contributed by atoms with van der Waals surface area (Å²) in [5, 5.41) is 21.5. The quantitative estimate of drug-likeness (QED) is 0.346. The molecule has 0 atom stereocenters. The van der Waals surface area contributed by atoms with Crippen molar-refractivity contribution in [3.05, 3.63) is 82.4 Å². The van der Waals surface area contributed by atoms with E-state index in [0.29, 0.717) is 22.1 Å². The Kier molecular flexibility index (Phi) is 5.58. The Morgan fingerprint density at radius 2 is 1.67 bits per heavy atom. The summed E-state index contributed by atoms with van der Waals surface area (Å²) in [5.74, 6) is 0. The Balaban J connectivity index is 1.43. The molecule has 0 saturated carbocycles. The van der Waals surface area contributed by atoms with E-state index in [9.17, 15) is 0 Å². The number of aryl methyl sites for hydroxylation is 1. The zero-order valence-electron chi connectivity index (χ0n) is 16.8. The van der Waals surface area contributed by atoms with Crippen LogP contribution >= 0.6 is 11.6 Å². The van der Waals surface area contributed by atoms with E-state index in [0.717, 1.165) is 17.1 Å². The first-order chi connectivity index (χ1) is 14.5. The minimum atomic E-state index is 0.191. The van der Waals surface area contributed by atoms with Gasteiger partial charge in [-0.1, -0.05) is 44.9 Å². The van der Waals surface area contributed by atoms with Crippen LogP contribution in [-0.4, -0.2) is 35.7 Å². The summed E-state index contributed by atoms with van der Waals surface area (Å²) in [7, 11) is 0. The highest BCUT2D eigenvalue weighted by Crippen LogP contribution is 2.15. The topological polar surface area (TPSA) is 83.0 Å². The molecule has 9 heteroatoms. The molecular formula is C21H20ClN7O. The highest BCUT2D eigenvalue weighted by Gasteiger charge is 2.13. The van der Waals surface area contributed by atoms with Gasteiger partial charge in [0.1, 0.15) is 17.1 Å². The van der Waals surface area contributed by atoms with Crippen molar-refractivity contribution < 1.29 is 4.84 Å². The summed E-state index contributed by atoms with van der Waals surface area (Å²) in [6.45, 7) is 6.02. The maximum Gasteiger partial charge on any atom is 0.162 e. The molecule has 30 heavy (non-hydrogen) atoms. The van der Waals surface area contributed by atoms with E-state index in [-0.39, 0.29) is 6.61 Å². The molecule has 8 nitrogen and oxygen atoms in total. The van der Waals surface area contributed by atoms with Crippen molar-refractivity contribution in [2.45, 2.75) is 27.4 Å². The average molecular weight is 422 g/mol. The summed E-state index contributed by atoms with van der Waals surface area (Å²) in [5.41, 5.74) is 5.86. The molecule has 0 saturated heterocycles. The highest BCUT2D eigenvalue weighted by molar-refractivity contribution is 6.30. The van der Waals surface area contributed by atoms with Gasteiger partial charge in [-0.25, -0.2) is 9.36 Å². The largest absolute Gasteiger partial charge is 0.389 e. The Morgan fingerprint density at radius 3 is 2.40 bits per heavy atom. The average Bonchev–Trinajstić information content (AvgIpc) is 3.36. The van der Waals surface area contributed by atoms with Gasteiger partial charge in [-0.2, -0.15) is 0 Å². The third kappa shape index (κ3) is 4.23. The zero-order valence-corrected chi connectivity index (χ0v) is 17.6. The molecule has 0 aliphatic carbocycles. The van der Waals surface area contributed by atoms with Crippen molar-refractivity contribution in [2.24, 2.45) is 5.16 Å². The maximum absolute atomic E-state index is 5.92. The first-order valence-electron chi connectivity index (χ1n) is 9.35. The Labute approximate surface area is 178 Å². The van der Waals surface area contributed by atoms with E-state index in [2.05, 4.69) is 25.8 Å². The first kappa shape index (κ1) is 19.8. The predicted octanol–water partition coefficient (Wildman–Crippen LogP) is 4.06. The molecule has 2 aromatic carbocycles. The highest BCUT2D eigenvalue weighted by atomic mass is 35.5. The molecule has 4 rings (SSSR count). The van der Waals surface area contributed by atoms with E-state index >= 15 is 0 Å². The van der Waals surface area contributed by atoms with Crippen LogP contribution in [0, 0.1) is 13.8 Å². The second-order valence-corrected chi connectivity index (χ2v) is 7.29. The second kappa shape index (κ2) is 8.46. The summed E-state index contributed by atoms with van der Waals surface area (Å²) in [6, 6.07) is 15.4. The number of hydrogen-bond acceptors (Lipinski definition) is 6. The third-order valence-electron chi connectivity index (χ3n) is 4.56. The molecule has 0 radical (unpaired) electrons. The van der Waals surface area contributed by atoms with E-state index < -0.39 is 0 Å². The number of benzene rings is 2. The van der Waals surface area contributed by atoms with Crippen LogP contribution in [0.15, 0.2) is 59.9 Å². The van der Waals surface area contributed by atoms with Crippen LogP contribution < -0.4 is 0 Å². The SMILES string of the molecule is CC(=NOCc1cn(-c2ccc(Cl)cc2)nn1)c1nnn(-c2ccc(C)cc2)c1C. The molecule has 152 valence electrons. The Hall–Kier alpha value is -3.52. The minimum absolute atomic E-state index is 0.191. The number of oxime groups is 1. The van der Waals surface area contributed by atoms with Crippen LogP contribution in [0.5, 0.6) is 0 Å². The molecule has 4 aromatic rings. The Morgan fingerprint density at radius 1 is 0.967 bits per heavy atom. The van der Waals surface area contributed by atoms with Crippen molar-refractivity contribution in [3.8, 4) is 11.4 Å². The fourth-order valence-corrected chi connectivity index (χ4v) is 3.04. The van der Waals surface area contributed by atoms with Crippen molar-refractivity contribution in [1.82, 2.24) is 30.0 Å². The van der Waals surface area contributed by atoms with Gasteiger partial charge < -0.3 is 4.84 Å². The number of halogens is 1. The van der Waals surface area contributed by atoms with Crippen LogP contribution in [0.1, 0.15) is 29.6 Å². The molecule has 0 N–H and O–H groups in total. The Bertz CT molecular complexity index is 1180. The lowest BCUT2D eigenvalue weighted by atomic mass is 10.2. The molecule has 0 fully saturated rings. The summed E-state index contributed by atoms with van der Waals surface area (Å²) in [4.78, 5) is 5.46. The van der Waals surface area contributed by atoms with Crippen LogP contribution in [0.25, 0.3) is 11.4 Å². The molecule has 0 spiro atoms. The number of hydrogen-bond donors (Lipinski definition) is 0. The van der Waals surface area contributed by atoms with Gasteiger partial charge in [0.2, 0.25) is 0 Å². The van der Waals surface area contributed by atoms with Gasteiger partial charge in [0.05, 0.1) is 23.3 Å². The van der Waals surface area contributed by atoms with Gasteiger partial charge in [0, 0.05) is 5.02 Å². The minimum Gasteiger partial charge on any atom is -0.389 e. The molecule has 2 aromatic heterocycles. The molecule has 0 bridgehead atoms. The summed E-state index contributed by atoms with van der Waals surface area (Å²) in [6.07, 6.45) is 1.78. The number of nitrogens with zero attached hydrogens (tertiary/aromatic N) is 7. The number of aromatic nitrogens is 6. The molecular weight excluding hydrogens is 402 g/mol. The standard InChI is InChI=1S/C21H20ClN7O/c1-14-4-8-20(9-5-14)29-16(3)21(24-27-29)15(2)25-30-13-18-12-28(26-23-18)19-10-6-17(22)7-11-19/h4-12H,13H2,1-3H3. The number of rotatable bonds is 6. The van der Waals surface area contributed by atoms with E-state index in [4.69, 9.17) is 16.4 Å². The summed E-state index contributed by atoms with van der Waals surface area (Å²) < 4.78 is 3.44. The fraction of sp³-hybridized carbons (Fsp3) is 0.190. The van der Waals surface area contributed by atoms with Crippen LogP contribution in [0.2, 0.25) is 5.02 Å². The van der Waals surface area contributed by atoms with Crippen molar-refractivity contribution in [2.75, 3.05) is 0 Å². The lowest BCUT2D eigenvalue weighted by molar-refractivity contribution is 0.127. The first-order valence-corrected chi connectivity index (χ1v) is 9.72. The van der Waals surface area contributed by atoms with Crippen molar-refractivity contribution in [3.63, 3.8) is 0 Å². The van der Waals surface area contributed by atoms with Gasteiger partial charge >= 0.3 is 0 Å². The second-order valence-electron chi connectivity index (χ2n) is 6.85. The van der Waals surface area contributed by atoms with Crippen molar-refractivity contribution in [1.29, 1.82) is 0 Å². The molecule has 0 aliphatic heterocycles. The van der Waals surface area contributed by atoms with Gasteiger partial charge in [-0.3, -0.25) is 0 Å².